The van der Waals surface area contributed by atoms with E-state index in [2.05, 4.69) is 5.32 Å². The van der Waals surface area contributed by atoms with Crippen molar-refractivity contribution in [3.05, 3.63) is 23.8 Å². The molecule has 1 heterocycles. The minimum absolute atomic E-state index is 0.0712. The van der Waals surface area contributed by atoms with Crippen LogP contribution in [-0.4, -0.2) is 40.5 Å². The maximum Gasteiger partial charge on any atom is 0.407 e. The molecule has 0 radical (unpaired) electrons. The molecule has 0 bridgehead atoms. The van der Waals surface area contributed by atoms with Crippen molar-refractivity contribution in [2.24, 2.45) is 11.7 Å². The number of nitrogens with zero attached hydrogens (tertiary/aromatic N) is 1. The summed E-state index contributed by atoms with van der Waals surface area (Å²) < 4.78 is 0. The highest BCUT2D eigenvalue weighted by atomic mass is 16.4. The van der Waals surface area contributed by atoms with Crippen molar-refractivity contribution >= 4 is 29.3 Å². The average molecular weight is 334 g/mol. The maximum atomic E-state index is 12.6. The van der Waals surface area contributed by atoms with E-state index in [1.807, 2.05) is 6.92 Å². The molecule has 1 aromatic carbocycles. The molecule has 6 N–H and O–H groups in total. The summed E-state index contributed by atoms with van der Waals surface area (Å²) in [6.45, 7) is 2.31. The molecular weight excluding hydrogens is 312 g/mol. The highest BCUT2D eigenvalue weighted by Gasteiger charge is 2.33. The average Bonchev–Trinajstić information content (AvgIpc) is 2.70. The van der Waals surface area contributed by atoms with Gasteiger partial charge in [0.05, 0.1) is 16.9 Å². The molecule has 0 saturated carbocycles. The number of amides is 3. The summed E-state index contributed by atoms with van der Waals surface area (Å²) in [4.78, 5) is 36.6. The van der Waals surface area contributed by atoms with Gasteiger partial charge in [-0.3, -0.25) is 14.5 Å². The lowest BCUT2D eigenvalue weighted by Gasteiger charge is -2.27. The second kappa shape index (κ2) is 7.20. The fourth-order valence-electron chi connectivity index (χ4n) is 2.97. The van der Waals surface area contributed by atoms with E-state index in [1.54, 1.807) is 12.1 Å². The number of carbonyl (C=O) groups excluding carboxylic acids is 2. The molecule has 2 unspecified atom stereocenters. The molecule has 130 valence electrons. The van der Waals surface area contributed by atoms with Crippen LogP contribution >= 0.6 is 0 Å². The van der Waals surface area contributed by atoms with Gasteiger partial charge < -0.3 is 21.9 Å². The van der Waals surface area contributed by atoms with Crippen molar-refractivity contribution in [3.8, 4) is 0 Å². The van der Waals surface area contributed by atoms with Gasteiger partial charge in [0.15, 0.2) is 0 Å². The third kappa shape index (κ3) is 3.76. The van der Waals surface area contributed by atoms with E-state index in [1.165, 1.54) is 6.07 Å². The van der Waals surface area contributed by atoms with E-state index < -0.39 is 23.9 Å². The van der Waals surface area contributed by atoms with Crippen molar-refractivity contribution in [2.45, 2.75) is 32.2 Å². The number of carboxylic acid groups (broad SMARTS) is 1. The van der Waals surface area contributed by atoms with Crippen LogP contribution < -0.4 is 16.8 Å². The zero-order valence-corrected chi connectivity index (χ0v) is 13.5. The third-order valence-corrected chi connectivity index (χ3v) is 4.28. The van der Waals surface area contributed by atoms with Gasteiger partial charge >= 0.3 is 6.09 Å². The molecule has 8 heteroatoms. The first kappa shape index (κ1) is 17.6. The summed E-state index contributed by atoms with van der Waals surface area (Å²) in [7, 11) is 0. The van der Waals surface area contributed by atoms with Crippen LogP contribution in [0.3, 0.4) is 0 Å². The van der Waals surface area contributed by atoms with Gasteiger partial charge in [0, 0.05) is 6.54 Å². The highest BCUT2D eigenvalue weighted by molar-refractivity contribution is 6.05. The van der Waals surface area contributed by atoms with E-state index in [-0.39, 0.29) is 22.9 Å². The van der Waals surface area contributed by atoms with Gasteiger partial charge in [-0.05, 0) is 37.3 Å². The number of hydrogen-bond donors (Lipinski definition) is 4. The normalized spacial score (nSPS) is 21.0. The first-order valence-electron chi connectivity index (χ1n) is 7.80. The number of anilines is 2. The lowest BCUT2D eigenvalue weighted by Crippen LogP contribution is -2.46. The number of nitrogen functional groups attached to an aromatic ring is 1. The van der Waals surface area contributed by atoms with Crippen LogP contribution in [0.2, 0.25) is 0 Å². The summed E-state index contributed by atoms with van der Waals surface area (Å²) in [6.07, 6.45) is 0.903. The quantitative estimate of drug-likeness (QED) is 0.620. The topological polar surface area (TPSA) is 139 Å². The number of nitrogens with one attached hydrogen (secondary N) is 1. The van der Waals surface area contributed by atoms with E-state index in [0.29, 0.717) is 13.0 Å². The Balaban J connectivity index is 2.25. The Labute approximate surface area is 139 Å². The molecular formula is C16H22N4O4. The molecule has 0 spiro atoms. The molecule has 24 heavy (non-hydrogen) atoms. The molecule has 1 aromatic rings. The van der Waals surface area contributed by atoms with Gasteiger partial charge in [-0.1, -0.05) is 13.0 Å². The largest absolute Gasteiger partial charge is 0.465 e. The molecule has 2 atom stereocenters. The van der Waals surface area contributed by atoms with Crippen LogP contribution in [0.25, 0.3) is 0 Å². The Morgan fingerprint density at radius 1 is 1.33 bits per heavy atom. The predicted octanol–water partition coefficient (Wildman–Crippen LogP) is 1.47. The number of para-hydroxylation sites is 1. The predicted molar refractivity (Wildman–Crippen MR) is 89.5 cm³/mol. The number of carbonyl (C=O) groups is 3. The van der Waals surface area contributed by atoms with Crippen molar-refractivity contribution in [2.75, 3.05) is 17.6 Å². The highest BCUT2D eigenvalue weighted by Crippen LogP contribution is 2.26. The van der Waals surface area contributed by atoms with Crippen LogP contribution in [0.4, 0.5) is 16.2 Å². The number of benzene rings is 1. The Kier molecular flexibility index (Phi) is 5.28. The van der Waals surface area contributed by atoms with Gasteiger partial charge in [-0.25, -0.2) is 4.79 Å². The van der Waals surface area contributed by atoms with Crippen LogP contribution in [0.15, 0.2) is 18.2 Å². The fourth-order valence-corrected chi connectivity index (χ4v) is 2.97. The number of rotatable bonds is 3. The maximum absolute atomic E-state index is 12.6. The summed E-state index contributed by atoms with van der Waals surface area (Å²) in [6, 6.07) is 3.77. The van der Waals surface area contributed by atoms with E-state index in [9.17, 15) is 19.5 Å². The summed E-state index contributed by atoms with van der Waals surface area (Å²) in [5.41, 5.74) is 11.5. The Hall–Kier alpha value is -2.77. The van der Waals surface area contributed by atoms with Crippen LogP contribution in [0.1, 0.15) is 36.5 Å². The zero-order chi connectivity index (χ0) is 17.9. The molecule has 8 nitrogen and oxygen atoms in total. The van der Waals surface area contributed by atoms with Gasteiger partial charge in [0.2, 0.25) is 5.91 Å². The smallest absolute Gasteiger partial charge is 0.407 e. The van der Waals surface area contributed by atoms with Crippen LogP contribution in [0.5, 0.6) is 0 Å². The van der Waals surface area contributed by atoms with Crippen molar-refractivity contribution in [1.82, 2.24) is 4.90 Å². The standard InChI is InChI=1S/C16H22N4O4/c1-9-4-3-7-20(16(23)24)12(8-9)15(22)19-11-6-2-5-10(13(11)17)14(18)21/h2,5-6,9,12H,3-4,7-8,17H2,1H3,(H2,18,21)(H,19,22)(H,23,24). The van der Waals surface area contributed by atoms with Gasteiger partial charge in [-0.2, -0.15) is 0 Å². The summed E-state index contributed by atoms with van der Waals surface area (Å²) in [5, 5.41) is 12.0. The van der Waals surface area contributed by atoms with Crippen molar-refractivity contribution in [3.63, 3.8) is 0 Å². The second-order valence-electron chi connectivity index (χ2n) is 6.10. The SMILES string of the molecule is CC1CCCN(C(=O)O)C(C(=O)Nc2cccc(C(N)=O)c2N)C1. The van der Waals surface area contributed by atoms with Gasteiger partial charge in [0.25, 0.3) is 5.91 Å². The number of hydrogen-bond acceptors (Lipinski definition) is 4. The number of nitrogens with two attached hydrogens (primary N) is 2. The van der Waals surface area contributed by atoms with E-state index in [4.69, 9.17) is 11.5 Å². The van der Waals surface area contributed by atoms with Gasteiger partial charge in [-0.15, -0.1) is 0 Å². The summed E-state index contributed by atoms with van der Waals surface area (Å²) in [5.74, 6) is -0.919. The lowest BCUT2D eigenvalue weighted by atomic mass is 9.98. The lowest BCUT2D eigenvalue weighted by molar-refractivity contribution is -0.121. The number of likely N-dealkylation sites (tertiary alicyclic amines) is 1. The molecule has 0 aromatic heterocycles. The monoisotopic (exact) mass is 334 g/mol. The summed E-state index contributed by atoms with van der Waals surface area (Å²) >= 11 is 0. The van der Waals surface area contributed by atoms with Crippen molar-refractivity contribution < 1.29 is 19.5 Å². The minimum Gasteiger partial charge on any atom is -0.465 e. The Bertz CT molecular complexity index is 661. The van der Waals surface area contributed by atoms with E-state index in [0.717, 1.165) is 17.7 Å². The first-order valence-corrected chi connectivity index (χ1v) is 7.80. The fraction of sp³-hybridized carbons (Fsp3) is 0.438. The molecule has 2 rings (SSSR count). The third-order valence-electron chi connectivity index (χ3n) is 4.28. The molecule has 0 aliphatic carbocycles. The second-order valence-corrected chi connectivity index (χ2v) is 6.10. The van der Waals surface area contributed by atoms with Crippen LogP contribution in [-0.2, 0) is 4.79 Å². The molecule has 1 saturated heterocycles. The first-order chi connectivity index (χ1) is 11.3. The minimum atomic E-state index is -1.12. The van der Waals surface area contributed by atoms with Crippen LogP contribution in [0, 0.1) is 5.92 Å². The Morgan fingerprint density at radius 2 is 2.04 bits per heavy atom. The van der Waals surface area contributed by atoms with Gasteiger partial charge in [0.1, 0.15) is 6.04 Å². The van der Waals surface area contributed by atoms with Crippen molar-refractivity contribution in [1.29, 1.82) is 0 Å². The molecule has 1 aliphatic heterocycles. The molecule has 3 amide bonds. The molecule has 1 fully saturated rings. The molecule has 1 aliphatic rings. The van der Waals surface area contributed by atoms with E-state index >= 15 is 0 Å². The Morgan fingerprint density at radius 3 is 2.67 bits per heavy atom. The zero-order valence-electron chi connectivity index (χ0n) is 13.5. The number of primary amides is 1.